The van der Waals surface area contributed by atoms with Gasteiger partial charge in [-0.05, 0) is 33.6 Å². The lowest BCUT2D eigenvalue weighted by molar-refractivity contribution is 0.140. The quantitative estimate of drug-likeness (QED) is 0.825. The van der Waals surface area contributed by atoms with E-state index < -0.39 is 0 Å². The van der Waals surface area contributed by atoms with Crippen LogP contribution in [0, 0.1) is 0 Å². The van der Waals surface area contributed by atoms with E-state index in [-0.39, 0.29) is 5.75 Å². The van der Waals surface area contributed by atoms with Crippen LogP contribution in [0.25, 0.3) is 0 Å². The first-order valence-corrected chi connectivity index (χ1v) is 4.81. The Balaban J connectivity index is 2.92. The maximum absolute atomic E-state index is 9.55. The van der Waals surface area contributed by atoms with Gasteiger partial charge in [0.2, 0.25) is 0 Å². The second-order valence-corrected chi connectivity index (χ2v) is 3.81. The number of phenolic OH excluding ortho intramolecular Hbond substituents is 1. The van der Waals surface area contributed by atoms with Gasteiger partial charge in [-0.15, -0.1) is 0 Å². The third-order valence-corrected chi connectivity index (χ3v) is 2.42. The maximum atomic E-state index is 9.55. The average molecular weight is 267 g/mol. The average Bonchev–Trinajstić information content (AvgIpc) is 2.09. The van der Waals surface area contributed by atoms with Crippen molar-refractivity contribution in [3.05, 3.63) is 27.2 Å². The van der Waals surface area contributed by atoms with Gasteiger partial charge in [-0.2, -0.15) is 0 Å². The van der Waals surface area contributed by atoms with Crippen molar-refractivity contribution < 1.29 is 9.94 Å². The molecule has 1 aromatic carbocycles. The molecule has 0 aliphatic rings. The molecule has 1 aromatic rings. The van der Waals surface area contributed by atoms with Gasteiger partial charge in [0, 0.05) is 11.4 Å². The molecule has 0 saturated carbocycles. The number of halogens is 2. The normalized spacial score (nSPS) is 10.4. The molecule has 13 heavy (non-hydrogen) atoms. The Bertz CT molecular complexity index is 306. The van der Waals surface area contributed by atoms with Crippen molar-refractivity contribution in [3.63, 3.8) is 0 Å². The number of nitrogens with two attached hydrogens (primary N) is 1. The largest absolute Gasteiger partial charge is 0.506 e. The molecule has 0 aromatic heterocycles. The van der Waals surface area contributed by atoms with Gasteiger partial charge >= 0.3 is 0 Å². The monoisotopic (exact) mass is 265 g/mol. The molecular weight excluding hydrogens is 257 g/mol. The Morgan fingerprint density at radius 2 is 2.23 bits per heavy atom. The number of phenols is 1. The summed E-state index contributed by atoms with van der Waals surface area (Å²) in [6, 6.07) is 3.31. The van der Waals surface area contributed by atoms with Crippen LogP contribution < -0.4 is 5.90 Å². The van der Waals surface area contributed by atoms with Gasteiger partial charge in [0.25, 0.3) is 0 Å². The molecule has 0 bridgehead atoms. The summed E-state index contributed by atoms with van der Waals surface area (Å²) in [4.78, 5) is 4.41. The van der Waals surface area contributed by atoms with Gasteiger partial charge in [0.05, 0.1) is 11.1 Å². The highest BCUT2D eigenvalue weighted by molar-refractivity contribution is 9.10. The van der Waals surface area contributed by atoms with Gasteiger partial charge in [0.15, 0.2) is 0 Å². The summed E-state index contributed by atoms with van der Waals surface area (Å²) >= 11 is 8.97. The van der Waals surface area contributed by atoms with E-state index in [1.54, 1.807) is 12.1 Å². The first kappa shape index (κ1) is 10.8. The molecule has 0 heterocycles. The molecule has 3 nitrogen and oxygen atoms in total. The third-order valence-electron chi connectivity index (χ3n) is 1.60. The lowest BCUT2D eigenvalue weighted by Gasteiger charge is -2.06. The summed E-state index contributed by atoms with van der Waals surface area (Å²) in [7, 11) is 0. The summed E-state index contributed by atoms with van der Waals surface area (Å²) in [5, 5.41) is 10.1. The maximum Gasteiger partial charge on any atom is 0.133 e. The van der Waals surface area contributed by atoms with Crippen molar-refractivity contribution in [2.75, 3.05) is 6.61 Å². The van der Waals surface area contributed by atoms with Crippen molar-refractivity contribution in [2.24, 2.45) is 5.90 Å². The fourth-order valence-corrected chi connectivity index (χ4v) is 1.85. The van der Waals surface area contributed by atoms with Crippen LogP contribution in [0.15, 0.2) is 16.6 Å². The van der Waals surface area contributed by atoms with Crippen LogP contribution in [0.3, 0.4) is 0 Å². The summed E-state index contributed by atoms with van der Waals surface area (Å²) < 4.78 is 0.576. The minimum Gasteiger partial charge on any atom is -0.506 e. The van der Waals surface area contributed by atoms with Gasteiger partial charge < -0.3 is 9.94 Å². The molecule has 0 aliphatic heterocycles. The molecule has 0 spiro atoms. The van der Waals surface area contributed by atoms with Gasteiger partial charge in [-0.25, -0.2) is 5.90 Å². The van der Waals surface area contributed by atoms with Crippen LogP contribution >= 0.6 is 27.5 Å². The number of rotatable bonds is 3. The van der Waals surface area contributed by atoms with E-state index in [1.165, 1.54) is 0 Å². The third kappa shape index (κ3) is 2.84. The van der Waals surface area contributed by atoms with Crippen LogP contribution in [-0.2, 0) is 11.3 Å². The highest BCUT2D eigenvalue weighted by Gasteiger charge is 2.06. The zero-order valence-electron chi connectivity index (χ0n) is 6.76. The van der Waals surface area contributed by atoms with E-state index in [4.69, 9.17) is 17.5 Å². The first-order chi connectivity index (χ1) is 6.15. The molecule has 0 aliphatic carbocycles. The minimum absolute atomic E-state index is 0.182. The second-order valence-electron chi connectivity index (χ2n) is 2.52. The van der Waals surface area contributed by atoms with Crippen LogP contribution in [0.5, 0.6) is 5.75 Å². The van der Waals surface area contributed by atoms with Crippen LogP contribution in [-0.4, -0.2) is 11.7 Å². The smallest absolute Gasteiger partial charge is 0.133 e. The van der Waals surface area contributed by atoms with E-state index in [2.05, 4.69) is 20.8 Å². The van der Waals surface area contributed by atoms with Gasteiger partial charge in [-0.3, -0.25) is 0 Å². The summed E-state index contributed by atoms with van der Waals surface area (Å²) in [5.74, 6) is 5.06. The van der Waals surface area contributed by atoms with Crippen molar-refractivity contribution in [3.8, 4) is 5.75 Å². The predicted molar refractivity (Wildman–Crippen MR) is 54.7 cm³/mol. The van der Waals surface area contributed by atoms with Crippen molar-refractivity contribution >= 4 is 27.5 Å². The molecule has 1 rings (SSSR count). The predicted octanol–water partition coefficient (Wildman–Crippen LogP) is 2.24. The van der Waals surface area contributed by atoms with E-state index in [0.29, 0.717) is 28.1 Å². The zero-order chi connectivity index (χ0) is 9.84. The van der Waals surface area contributed by atoms with Crippen LogP contribution in [0.1, 0.15) is 5.56 Å². The topological polar surface area (TPSA) is 55.5 Å². The molecular formula is C8H9BrClNO2. The summed E-state index contributed by atoms with van der Waals surface area (Å²) in [6.07, 6.45) is 0.529. The van der Waals surface area contributed by atoms with E-state index >= 15 is 0 Å². The first-order valence-electron chi connectivity index (χ1n) is 3.63. The van der Waals surface area contributed by atoms with E-state index in [0.717, 1.165) is 0 Å². The van der Waals surface area contributed by atoms with Crippen LogP contribution in [0.4, 0.5) is 0 Å². The van der Waals surface area contributed by atoms with Crippen molar-refractivity contribution in [1.82, 2.24) is 0 Å². The Morgan fingerprint density at radius 3 is 2.85 bits per heavy atom. The molecule has 0 saturated heterocycles. The SMILES string of the molecule is NOCCc1cc(Cl)cc(Br)c1O. The lowest BCUT2D eigenvalue weighted by atomic mass is 10.1. The fourth-order valence-electron chi connectivity index (χ4n) is 0.979. The fraction of sp³-hybridized carbons (Fsp3) is 0.250. The molecule has 72 valence electrons. The zero-order valence-corrected chi connectivity index (χ0v) is 9.10. The number of aromatic hydroxyl groups is 1. The highest BCUT2D eigenvalue weighted by atomic mass is 79.9. The molecule has 0 radical (unpaired) electrons. The standard InChI is InChI=1S/C8H9BrClNO2/c9-7-4-6(10)3-5(8(7)12)1-2-13-11/h3-4,12H,1-2,11H2. The minimum atomic E-state index is 0.182. The molecule has 0 amide bonds. The Morgan fingerprint density at radius 1 is 1.54 bits per heavy atom. The Hall–Kier alpha value is -0.290. The number of benzene rings is 1. The molecule has 0 unspecified atom stereocenters. The van der Waals surface area contributed by atoms with Crippen molar-refractivity contribution in [2.45, 2.75) is 6.42 Å². The van der Waals surface area contributed by atoms with Crippen LogP contribution in [0.2, 0.25) is 5.02 Å². The number of hydrogen-bond acceptors (Lipinski definition) is 3. The van der Waals surface area contributed by atoms with E-state index in [9.17, 15) is 5.11 Å². The number of hydrogen-bond donors (Lipinski definition) is 2. The van der Waals surface area contributed by atoms with Crippen molar-refractivity contribution in [1.29, 1.82) is 0 Å². The molecule has 3 N–H and O–H groups in total. The van der Waals surface area contributed by atoms with Gasteiger partial charge in [0.1, 0.15) is 5.75 Å². The second kappa shape index (κ2) is 4.81. The Kier molecular flexibility index (Phi) is 3.99. The molecule has 0 atom stereocenters. The Labute approximate surface area is 89.5 Å². The summed E-state index contributed by atoms with van der Waals surface area (Å²) in [6.45, 7) is 0.348. The molecule has 0 fully saturated rings. The van der Waals surface area contributed by atoms with E-state index in [1.807, 2.05) is 0 Å². The highest BCUT2D eigenvalue weighted by Crippen LogP contribution is 2.31. The molecule has 5 heteroatoms. The lowest BCUT2D eigenvalue weighted by Crippen LogP contribution is -2.03. The van der Waals surface area contributed by atoms with Gasteiger partial charge in [-0.1, -0.05) is 11.6 Å². The summed E-state index contributed by atoms with van der Waals surface area (Å²) in [5.41, 5.74) is 0.713.